The molecule has 0 saturated heterocycles. The van der Waals surface area contributed by atoms with Crippen LogP contribution >= 0.6 is 0 Å². The van der Waals surface area contributed by atoms with E-state index in [9.17, 15) is 4.79 Å². The Balaban J connectivity index is 0. The minimum absolute atomic E-state index is 0.0370. The van der Waals surface area contributed by atoms with Gasteiger partial charge in [-0.3, -0.25) is 0 Å². The zero-order valence-electron chi connectivity index (χ0n) is 13.6. The second-order valence-corrected chi connectivity index (χ2v) is 3.76. The van der Waals surface area contributed by atoms with Gasteiger partial charge in [-0.1, -0.05) is 6.92 Å². The first-order chi connectivity index (χ1) is 9.43. The highest BCUT2D eigenvalue weighted by molar-refractivity contribution is 5.75. The van der Waals surface area contributed by atoms with E-state index in [1.165, 1.54) is 0 Å². The summed E-state index contributed by atoms with van der Waals surface area (Å²) in [6.45, 7) is 13.1. The van der Waals surface area contributed by atoms with Crippen LogP contribution in [-0.2, 0) is 23.7 Å². The van der Waals surface area contributed by atoms with E-state index in [1.807, 2.05) is 20.8 Å². The predicted octanol–water partition coefficient (Wildman–Crippen LogP) is 2.66. The van der Waals surface area contributed by atoms with Crippen molar-refractivity contribution in [1.82, 2.24) is 0 Å². The summed E-state index contributed by atoms with van der Waals surface area (Å²) in [7, 11) is 0. The van der Waals surface area contributed by atoms with Gasteiger partial charge in [0.25, 0.3) is 5.79 Å². The summed E-state index contributed by atoms with van der Waals surface area (Å²) in [5.41, 5.74) is 0. The number of rotatable bonds is 10. The first-order valence-electron chi connectivity index (χ1n) is 7.18. The topological polar surface area (TPSA) is 74.2 Å². The third kappa shape index (κ3) is 9.25. The highest BCUT2D eigenvalue weighted by atomic mass is 16.7. The molecule has 0 aliphatic rings. The van der Waals surface area contributed by atoms with Crippen LogP contribution in [0, 0.1) is 0 Å². The van der Waals surface area contributed by atoms with Crippen LogP contribution in [0.15, 0.2) is 0 Å². The maximum atomic E-state index is 10.8. The van der Waals surface area contributed by atoms with Gasteiger partial charge in [-0.15, -0.1) is 0 Å². The van der Waals surface area contributed by atoms with E-state index >= 15 is 0 Å². The van der Waals surface area contributed by atoms with Crippen molar-refractivity contribution in [3.05, 3.63) is 0 Å². The second kappa shape index (κ2) is 13.3. The van der Waals surface area contributed by atoms with E-state index < -0.39 is 11.8 Å². The molecular formula is C14H30O6. The Morgan fingerprint density at radius 1 is 0.950 bits per heavy atom. The Morgan fingerprint density at radius 3 is 1.55 bits per heavy atom. The lowest BCUT2D eigenvalue weighted by molar-refractivity contribution is -0.242. The summed E-state index contributed by atoms with van der Waals surface area (Å²) in [4.78, 5) is 10.8. The molecule has 0 bridgehead atoms. The lowest BCUT2D eigenvalue weighted by Crippen LogP contribution is -2.43. The van der Waals surface area contributed by atoms with Crippen LogP contribution in [0.5, 0.6) is 0 Å². The zero-order chi connectivity index (χ0) is 16.0. The van der Waals surface area contributed by atoms with Crippen LogP contribution in [0.3, 0.4) is 0 Å². The van der Waals surface area contributed by atoms with E-state index in [2.05, 4.69) is 0 Å². The lowest BCUT2D eigenvalue weighted by atomic mass is 10.2. The molecule has 1 N–H and O–H groups in total. The fourth-order valence-corrected chi connectivity index (χ4v) is 1.50. The summed E-state index contributed by atoms with van der Waals surface area (Å²) in [5, 5.41) is 8.84. The van der Waals surface area contributed by atoms with Crippen molar-refractivity contribution in [3.8, 4) is 0 Å². The smallest absolute Gasteiger partial charge is 0.364 e. The molecule has 0 aliphatic heterocycles. The number of ether oxygens (including phenoxy) is 4. The van der Waals surface area contributed by atoms with Gasteiger partial charge in [0.1, 0.15) is 0 Å². The standard InChI is InChI=1S/C8H16O4.C6H14O2/c1-4-8(7(9)10,11-5-2)12-6-3;1-4-7-6(3)8-5-2/h4-6H2,1-3H3,(H,9,10);6H,4-5H2,1-3H3. The quantitative estimate of drug-likeness (QED) is 0.624. The summed E-state index contributed by atoms with van der Waals surface area (Å²) >= 11 is 0. The van der Waals surface area contributed by atoms with Gasteiger partial charge in [-0.25, -0.2) is 4.79 Å². The van der Waals surface area contributed by atoms with E-state index in [4.69, 9.17) is 24.1 Å². The van der Waals surface area contributed by atoms with Crippen LogP contribution in [0.2, 0.25) is 0 Å². The normalized spacial score (nSPS) is 11.2. The molecule has 0 fully saturated rings. The molecule has 0 saturated carbocycles. The Labute approximate surface area is 122 Å². The number of carbonyl (C=O) groups is 1. The van der Waals surface area contributed by atoms with E-state index in [-0.39, 0.29) is 6.29 Å². The summed E-state index contributed by atoms with van der Waals surface area (Å²) in [6.07, 6.45) is 0.272. The van der Waals surface area contributed by atoms with E-state index in [0.717, 1.165) is 13.2 Å². The summed E-state index contributed by atoms with van der Waals surface area (Å²) in [5.74, 6) is -2.50. The Kier molecular flexibility index (Phi) is 14.4. The molecule has 0 atom stereocenters. The van der Waals surface area contributed by atoms with Crippen molar-refractivity contribution < 1.29 is 28.8 Å². The minimum atomic E-state index is -1.44. The summed E-state index contributed by atoms with van der Waals surface area (Å²) in [6, 6.07) is 0. The van der Waals surface area contributed by atoms with Crippen molar-refractivity contribution in [1.29, 1.82) is 0 Å². The average molecular weight is 294 g/mol. The molecular weight excluding hydrogens is 264 g/mol. The molecule has 0 radical (unpaired) electrons. The highest BCUT2D eigenvalue weighted by Gasteiger charge is 2.38. The number of carboxylic acids is 1. The average Bonchev–Trinajstić information content (AvgIpc) is 2.39. The van der Waals surface area contributed by atoms with Crippen molar-refractivity contribution in [2.45, 2.75) is 60.0 Å². The molecule has 0 aromatic carbocycles. The zero-order valence-corrected chi connectivity index (χ0v) is 13.6. The molecule has 0 rings (SSSR count). The van der Waals surface area contributed by atoms with Gasteiger partial charge in [-0.05, 0) is 34.6 Å². The van der Waals surface area contributed by atoms with Gasteiger partial charge in [0, 0.05) is 32.8 Å². The minimum Gasteiger partial charge on any atom is -0.477 e. The fraction of sp³-hybridized carbons (Fsp3) is 0.929. The van der Waals surface area contributed by atoms with Crippen LogP contribution in [0.1, 0.15) is 48.0 Å². The highest BCUT2D eigenvalue weighted by Crippen LogP contribution is 2.17. The predicted molar refractivity (Wildman–Crippen MR) is 76.6 cm³/mol. The first kappa shape index (κ1) is 21.6. The van der Waals surface area contributed by atoms with Crippen molar-refractivity contribution in [2.24, 2.45) is 0 Å². The lowest BCUT2D eigenvalue weighted by Gasteiger charge is -2.27. The first-order valence-corrected chi connectivity index (χ1v) is 7.18. The van der Waals surface area contributed by atoms with Gasteiger partial charge in [0.2, 0.25) is 0 Å². The van der Waals surface area contributed by atoms with Crippen molar-refractivity contribution >= 4 is 5.97 Å². The molecule has 6 heteroatoms. The maximum absolute atomic E-state index is 10.8. The Hall–Kier alpha value is -0.690. The third-order valence-electron chi connectivity index (χ3n) is 2.35. The van der Waals surface area contributed by atoms with Gasteiger partial charge in [0.05, 0.1) is 0 Å². The fourth-order valence-electron chi connectivity index (χ4n) is 1.50. The molecule has 0 aromatic rings. The van der Waals surface area contributed by atoms with Crippen LogP contribution in [0.25, 0.3) is 0 Å². The molecule has 0 heterocycles. The van der Waals surface area contributed by atoms with Gasteiger partial charge in [-0.2, -0.15) is 0 Å². The van der Waals surface area contributed by atoms with Gasteiger partial charge in [0.15, 0.2) is 6.29 Å². The number of hydrogen-bond donors (Lipinski definition) is 1. The molecule has 122 valence electrons. The molecule has 0 unspecified atom stereocenters. The largest absolute Gasteiger partial charge is 0.477 e. The summed E-state index contributed by atoms with van der Waals surface area (Å²) < 4.78 is 20.2. The maximum Gasteiger partial charge on any atom is 0.364 e. The Morgan fingerprint density at radius 2 is 1.35 bits per heavy atom. The monoisotopic (exact) mass is 294 g/mol. The van der Waals surface area contributed by atoms with Crippen molar-refractivity contribution in [2.75, 3.05) is 26.4 Å². The number of carboxylic acid groups (broad SMARTS) is 1. The number of aliphatic carboxylic acids is 1. The van der Waals surface area contributed by atoms with Crippen LogP contribution in [-0.4, -0.2) is 49.6 Å². The number of hydrogen-bond acceptors (Lipinski definition) is 5. The van der Waals surface area contributed by atoms with Crippen LogP contribution in [0.4, 0.5) is 0 Å². The molecule has 6 nitrogen and oxygen atoms in total. The SMILES string of the molecule is CCOC(C)OCC.CCOC(CC)(OCC)C(=O)O. The van der Waals surface area contributed by atoms with Crippen molar-refractivity contribution in [3.63, 3.8) is 0 Å². The van der Waals surface area contributed by atoms with E-state index in [0.29, 0.717) is 19.6 Å². The molecule has 0 aliphatic carbocycles. The van der Waals surface area contributed by atoms with Gasteiger partial charge >= 0.3 is 5.97 Å². The van der Waals surface area contributed by atoms with E-state index in [1.54, 1.807) is 20.8 Å². The molecule has 0 spiro atoms. The third-order valence-corrected chi connectivity index (χ3v) is 2.35. The molecule has 0 aromatic heterocycles. The molecule has 20 heavy (non-hydrogen) atoms. The molecule has 0 amide bonds. The van der Waals surface area contributed by atoms with Gasteiger partial charge < -0.3 is 24.1 Å². The Bertz CT molecular complexity index is 220. The van der Waals surface area contributed by atoms with Crippen LogP contribution < -0.4 is 0 Å². The second-order valence-electron chi connectivity index (χ2n) is 3.76.